The zero-order valence-corrected chi connectivity index (χ0v) is 18.4. The van der Waals surface area contributed by atoms with Crippen LogP contribution in [0.2, 0.25) is 5.02 Å². The number of rotatable bonds is 7. The van der Waals surface area contributed by atoms with Gasteiger partial charge in [0.1, 0.15) is 6.04 Å². The van der Waals surface area contributed by atoms with Crippen LogP contribution in [0.1, 0.15) is 62.7 Å². The molecular formula is C24H30ClNO4. The fourth-order valence-electron chi connectivity index (χ4n) is 6.19. The van der Waals surface area contributed by atoms with E-state index in [1.165, 1.54) is 19.3 Å². The predicted molar refractivity (Wildman–Crippen MR) is 114 cm³/mol. The average Bonchev–Trinajstić information content (AvgIpc) is 2.68. The largest absolute Gasteiger partial charge is 0.456 e. The molecule has 4 aliphatic rings. The number of ketones is 1. The number of ether oxygens (including phenoxy) is 1. The first kappa shape index (κ1) is 21.4. The van der Waals surface area contributed by atoms with Crippen molar-refractivity contribution in [2.45, 2.75) is 58.4 Å². The summed E-state index contributed by atoms with van der Waals surface area (Å²) in [6, 6.07) is 5.86. The molecule has 1 atom stereocenters. The highest BCUT2D eigenvalue weighted by Crippen LogP contribution is 2.60. The van der Waals surface area contributed by atoms with Gasteiger partial charge in [0.15, 0.2) is 12.4 Å². The Kier molecular flexibility index (Phi) is 5.93. The molecule has 0 spiro atoms. The van der Waals surface area contributed by atoms with Gasteiger partial charge in [-0.25, -0.2) is 4.79 Å². The highest BCUT2D eigenvalue weighted by Gasteiger charge is 2.54. The summed E-state index contributed by atoms with van der Waals surface area (Å²) in [7, 11) is 0. The van der Waals surface area contributed by atoms with Crippen LogP contribution in [0, 0.1) is 29.1 Å². The number of benzene rings is 1. The summed E-state index contributed by atoms with van der Waals surface area (Å²) in [6.45, 7) is 3.47. The van der Waals surface area contributed by atoms with Crippen LogP contribution >= 0.6 is 11.6 Å². The second kappa shape index (κ2) is 8.33. The van der Waals surface area contributed by atoms with Crippen LogP contribution < -0.4 is 5.32 Å². The molecule has 1 N–H and O–H groups in total. The number of carbonyl (C=O) groups excluding carboxylic acids is 3. The highest BCUT2D eigenvalue weighted by atomic mass is 35.5. The Balaban J connectivity index is 1.37. The van der Waals surface area contributed by atoms with Gasteiger partial charge >= 0.3 is 5.97 Å². The van der Waals surface area contributed by atoms with E-state index < -0.39 is 17.9 Å². The Bertz CT molecular complexity index is 814. The van der Waals surface area contributed by atoms with E-state index in [1.54, 1.807) is 24.3 Å². The van der Waals surface area contributed by atoms with Crippen molar-refractivity contribution in [3.8, 4) is 0 Å². The van der Waals surface area contributed by atoms with Gasteiger partial charge in [-0.1, -0.05) is 37.6 Å². The van der Waals surface area contributed by atoms with Gasteiger partial charge in [0.25, 0.3) is 5.91 Å². The predicted octanol–water partition coefficient (Wildman–Crippen LogP) is 4.42. The molecule has 0 aliphatic heterocycles. The molecule has 1 aromatic rings. The van der Waals surface area contributed by atoms with Crippen LogP contribution in [0.25, 0.3) is 0 Å². The van der Waals surface area contributed by atoms with Crippen LogP contribution in [0.4, 0.5) is 0 Å². The molecule has 1 aromatic carbocycles. The molecule has 0 aromatic heterocycles. The number of esters is 1. The molecule has 5 nitrogen and oxygen atoms in total. The lowest BCUT2D eigenvalue weighted by atomic mass is 9.48. The summed E-state index contributed by atoms with van der Waals surface area (Å²) < 4.78 is 5.45. The average molecular weight is 432 g/mol. The molecular weight excluding hydrogens is 402 g/mol. The van der Waals surface area contributed by atoms with Crippen LogP contribution in [0.5, 0.6) is 0 Å². The molecule has 6 heteroatoms. The fourth-order valence-corrected chi connectivity index (χ4v) is 6.42. The molecule has 162 valence electrons. The third kappa shape index (κ3) is 4.14. The summed E-state index contributed by atoms with van der Waals surface area (Å²) >= 11 is 6.09. The molecule has 1 amide bonds. The molecule has 4 saturated carbocycles. The minimum absolute atomic E-state index is 0.0647. The molecule has 4 fully saturated rings. The number of hydrogen-bond acceptors (Lipinski definition) is 4. The van der Waals surface area contributed by atoms with Crippen molar-refractivity contribution >= 4 is 29.3 Å². The fraction of sp³-hybridized carbons (Fsp3) is 0.625. The minimum Gasteiger partial charge on any atom is -0.456 e. The maximum absolute atomic E-state index is 13.1. The Morgan fingerprint density at radius 3 is 2.17 bits per heavy atom. The van der Waals surface area contributed by atoms with Gasteiger partial charge in [-0.15, -0.1) is 0 Å². The van der Waals surface area contributed by atoms with E-state index in [9.17, 15) is 14.4 Å². The van der Waals surface area contributed by atoms with E-state index in [0.29, 0.717) is 28.3 Å². The summed E-state index contributed by atoms with van der Waals surface area (Å²) in [5.41, 5.74) is 0.0191. The van der Waals surface area contributed by atoms with Crippen molar-refractivity contribution in [2.24, 2.45) is 29.1 Å². The van der Waals surface area contributed by atoms with Crippen LogP contribution in [-0.4, -0.2) is 30.3 Å². The standard InChI is InChI=1S/C24H30ClNO4/c1-14(2)21(26-22(28)18-5-3-4-6-19(18)25)23(29)30-13-20(27)24-10-15-7-16(11-24)9-17(8-15)12-24/h3-6,14-17,21H,7-13H2,1-2H3,(H,26,28). The van der Waals surface area contributed by atoms with Crippen LogP contribution in [0.15, 0.2) is 24.3 Å². The van der Waals surface area contributed by atoms with Gasteiger partial charge in [-0.05, 0) is 74.3 Å². The lowest BCUT2D eigenvalue weighted by Crippen LogP contribution is -2.51. The second-order valence-corrected chi connectivity index (χ2v) is 10.3. The van der Waals surface area contributed by atoms with Gasteiger partial charge in [-0.3, -0.25) is 9.59 Å². The first-order chi connectivity index (χ1) is 14.3. The van der Waals surface area contributed by atoms with Gasteiger partial charge in [0.2, 0.25) is 0 Å². The van der Waals surface area contributed by atoms with E-state index in [2.05, 4.69) is 5.32 Å². The van der Waals surface area contributed by atoms with E-state index in [0.717, 1.165) is 19.3 Å². The first-order valence-corrected chi connectivity index (χ1v) is 11.4. The van der Waals surface area contributed by atoms with Gasteiger partial charge in [0.05, 0.1) is 10.6 Å². The molecule has 5 rings (SSSR count). The maximum Gasteiger partial charge on any atom is 0.329 e. The number of amides is 1. The summed E-state index contributed by atoms with van der Waals surface area (Å²) in [5, 5.41) is 3.05. The van der Waals surface area contributed by atoms with Crippen molar-refractivity contribution < 1.29 is 19.1 Å². The monoisotopic (exact) mass is 431 g/mol. The first-order valence-electron chi connectivity index (χ1n) is 11.0. The van der Waals surface area contributed by atoms with Gasteiger partial charge < -0.3 is 10.1 Å². The molecule has 4 bridgehead atoms. The quantitative estimate of drug-likeness (QED) is 0.648. The Labute approximate surface area is 182 Å². The normalized spacial score (nSPS) is 30.2. The summed E-state index contributed by atoms with van der Waals surface area (Å²) in [6.07, 6.45) is 6.63. The Hall–Kier alpha value is -1.88. The topological polar surface area (TPSA) is 72.5 Å². The summed E-state index contributed by atoms with van der Waals surface area (Å²) in [4.78, 5) is 38.4. The van der Waals surface area contributed by atoms with Gasteiger partial charge in [-0.2, -0.15) is 0 Å². The minimum atomic E-state index is -0.835. The molecule has 4 aliphatic carbocycles. The lowest BCUT2D eigenvalue weighted by molar-refractivity contribution is -0.159. The third-order valence-electron chi connectivity index (χ3n) is 7.30. The van der Waals surface area contributed by atoms with Crippen molar-refractivity contribution in [3.05, 3.63) is 34.9 Å². The zero-order valence-electron chi connectivity index (χ0n) is 17.7. The van der Waals surface area contributed by atoms with E-state index in [4.69, 9.17) is 16.3 Å². The van der Waals surface area contributed by atoms with Crippen molar-refractivity contribution in [2.75, 3.05) is 6.61 Å². The van der Waals surface area contributed by atoms with E-state index >= 15 is 0 Å². The molecule has 0 saturated heterocycles. The SMILES string of the molecule is CC(C)C(NC(=O)c1ccccc1Cl)C(=O)OCC(=O)C12CC3CC(CC(C3)C1)C2. The highest BCUT2D eigenvalue weighted by molar-refractivity contribution is 6.33. The van der Waals surface area contributed by atoms with Crippen molar-refractivity contribution in [3.63, 3.8) is 0 Å². The molecule has 30 heavy (non-hydrogen) atoms. The zero-order chi connectivity index (χ0) is 21.5. The summed E-state index contributed by atoms with van der Waals surface area (Å²) in [5.74, 6) is 0.873. The Morgan fingerprint density at radius 2 is 1.63 bits per heavy atom. The number of halogens is 1. The van der Waals surface area contributed by atoms with Gasteiger partial charge in [0, 0.05) is 5.41 Å². The number of carbonyl (C=O) groups is 3. The molecule has 0 radical (unpaired) electrons. The maximum atomic E-state index is 13.1. The number of Topliss-reactive ketones (excluding diaryl/α,β-unsaturated/α-hetero) is 1. The van der Waals surface area contributed by atoms with Crippen LogP contribution in [-0.2, 0) is 14.3 Å². The molecule has 0 heterocycles. The number of nitrogens with one attached hydrogen (secondary N) is 1. The third-order valence-corrected chi connectivity index (χ3v) is 7.63. The van der Waals surface area contributed by atoms with E-state index in [1.807, 2.05) is 13.8 Å². The van der Waals surface area contributed by atoms with Crippen LogP contribution in [0.3, 0.4) is 0 Å². The Morgan fingerprint density at radius 1 is 1.07 bits per heavy atom. The molecule has 1 unspecified atom stereocenters. The second-order valence-electron chi connectivity index (χ2n) is 9.90. The lowest BCUT2D eigenvalue weighted by Gasteiger charge is -2.55. The number of hydrogen-bond donors (Lipinski definition) is 1. The van der Waals surface area contributed by atoms with Crippen molar-refractivity contribution in [1.29, 1.82) is 0 Å². The van der Waals surface area contributed by atoms with E-state index in [-0.39, 0.29) is 23.7 Å². The smallest absolute Gasteiger partial charge is 0.329 e. The van der Waals surface area contributed by atoms with Crippen molar-refractivity contribution in [1.82, 2.24) is 5.32 Å².